The molecule has 2 amide bonds. The number of hydrogen-bond acceptors (Lipinski definition) is 5. The number of nitrogens with one attached hydrogen (secondary N) is 1. The Bertz CT molecular complexity index is 1660. The summed E-state index contributed by atoms with van der Waals surface area (Å²) in [5.74, 6) is -0.712. The Morgan fingerprint density at radius 2 is 1.66 bits per heavy atom. The van der Waals surface area contributed by atoms with Gasteiger partial charge in [0, 0.05) is 24.3 Å². The lowest BCUT2D eigenvalue weighted by Gasteiger charge is -2.29. The lowest BCUT2D eigenvalue weighted by molar-refractivity contribution is -0.385. The number of aromatic nitrogens is 2. The van der Waals surface area contributed by atoms with E-state index in [1.54, 1.807) is 55.1 Å². The predicted molar refractivity (Wildman–Crippen MR) is 144 cm³/mol. The van der Waals surface area contributed by atoms with Gasteiger partial charge in [-0.3, -0.25) is 24.4 Å². The Hall–Kier alpha value is -5.00. The zero-order chi connectivity index (χ0) is 29.5. The van der Waals surface area contributed by atoms with Gasteiger partial charge in [0.15, 0.2) is 0 Å². The smallest absolute Gasteiger partial charge is 0.332 e. The zero-order valence-electron chi connectivity index (χ0n) is 22.0. The van der Waals surface area contributed by atoms with E-state index in [0.717, 1.165) is 29.5 Å². The van der Waals surface area contributed by atoms with Crippen LogP contribution < -0.4 is 5.32 Å². The van der Waals surface area contributed by atoms with E-state index in [1.807, 2.05) is 6.07 Å². The Balaban J connectivity index is 1.31. The summed E-state index contributed by atoms with van der Waals surface area (Å²) in [7, 11) is 0. The molecular formula is C29H24F3N5O4. The number of carbonyl (C=O) groups excluding carboxylic acids is 2. The standard InChI is InChI=1S/C29H24F3N5O4/c1-28(2,36-17-23(14-33-36)37(40)41)27(39)35-15-19-9-12-22(13-20(19)16-35)34-26(38)25-6-4-3-5-24(25)18-7-10-21(11-8-18)29(30,31)32/h3-14,17H,15-16H2,1-2H3,(H,34,38). The van der Waals surface area contributed by atoms with Gasteiger partial charge in [-0.05, 0) is 66.4 Å². The molecule has 9 nitrogen and oxygen atoms in total. The molecule has 0 radical (unpaired) electrons. The average molecular weight is 564 g/mol. The van der Waals surface area contributed by atoms with Gasteiger partial charge in [-0.15, -0.1) is 0 Å². The van der Waals surface area contributed by atoms with Gasteiger partial charge in [0.05, 0.1) is 10.5 Å². The molecule has 3 aromatic carbocycles. The molecule has 0 bridgehead atoms. The van der Waals surface area contributed by atoms with Crippen LogP contribution in [0.4, 0.5) is 24.5 Å². The van der Waals surface area contributed by atoms with Crippen molar-refractivity contribution < 1.29 is 27.7 Å². The van der Waals surface area contributed by atoms with Gasteiger partial charge in [0.25, 0.3) is 11.8 Å². The van der Waals surface area contributed by atoms with Gasteiger partial charge in [0.1, 0.15) is 17.9 Å². The van der Waals surface area contributed by atoms with Crippen LogP contribution in [0.25, 0.3) is 11.1 Å². The second kappa shape index (κ2) is 10.2. The topological polar surface area (TPSA) is 110 Å². The number of halogens is 3. The highest BCUT2D eigenvalue weighted by molar-refractivity contribution is 6.08. The molecular weight excluding hydrogens is 539 g/mol. The van der Waals surface area contributed by atoms with Crippen molar-refractivity contribution in [2.75, 3.05) is 5.32 Å². The first-order chi connectivity index (χ1) is 19.3. The first-order valence-electron chi connectivity index (χ1n) is 12.5. The van der Waals surface area contributed by atoms with Crippen LogP contribution in [0.1, 0.15) is 40.9 Å². The fourth-order valence-electron chi connectivity index (χ4n) is 4.78. The van der Waals surface area contributed by atoms with Gasteiger partial charge < -0.3 is 10.2 Å². The number of hydrogen-bond donors (Lipinski definition) is 1. The maximum Gasteiger partial charge on any atom is 0.416 e. The van der Waals surface area contributed by atoms with Gasteiger partial charge in [-0.2, -0.15) is 18.3 Å². The van der Waals surface area contributed by atoms with E-state index in [2.05, 4.69) is 10.4 Å². The summed E-state index contributed by atoms with van der Waals surface area (Å²) in [6.07, 6.45) is -2.14. The highest BCUT2D eigenvalue weighted by Gasteiger charge is 2.38. The molecule has 1 aromatic heterocycles. The Kier molecular flexibility index (Phi) is 6.85. The molecule has 0 atom stereocenters. The minimum absolute atomic E-state index is 0.212. The third kappa shape index (κ3) is 5.40. The van der Waals surface area contributed by atoms with E-state index in [0.29, 0.717) is 28.9 Å². The van der Waals surface area contributed by atoms with E-state index in [1.165, 1.54) is 23.0 Å². The van der Waals surface area contributed by atoms with Crippen molar-refractivity contribution in [2.45, 2.75) is 38.7 Å². The number of fused-ring (bicyclic) bond motifs is 1. The van der Waals surface area contributed by atoms with Crippen molar-refractivity contribution in [1.29, 1.82) is 0 Å². The van der Waals surface area contributed by atoms with Crippen LogP contribution in [0, 0.1) is 10.1 Å². The van der Waals surface area contributed by atoms with Crippen LogP contribution >= 0.6 is 0 Å². The van der Waals surface area contributed by atoms with E-state index < -0.39 is 28.1 Å². The van der Waals surface area contributed by atoms with Crippen molar-refractivity contribution in [2.24, 2.45) is 0 Å². The fraction of sp³-hybridized carbons (Fsp3) is 0.207. The number of carbonyl (C=O) groups is 2. The number of benzene rings is 3. The SMILES string of the molecule is CC(C)(C(=O)N1Cc2ccc(NC(=O)c3ccccc3-c3ccc(C(F)(F)F)cc3)cc2C1)n1cc([N+](=O)[O-])cn1. The van der Waals surface area contributed by atoms with E-state index >= 15 is 0 Å². The molecule has 5 rings (SSSR count). The molecule has 12 heteroatoms. The van der Waals surface area contributed by atoms with Crippen molar-refractivity contribution in [3.05, 3.63) is 111 Å². The second-order valence-electron chi connectivity index (χ2n) is 10.2. The number of nitrogens with zero attached hydrogens (tertiary/aromatic N) is 4. The molecule has 0 saturated heterocycles. The average Bonchev–Trinajstić information content (AvgIpc) is 3.60. The van der Waals surface area contributed by atoms with E-state index in [-0.39, 0.29) is 18.1 Å². The van der Waals surface area contributed by atoms with Gasteiger partial charge in [0.2, 0.25) is 0 Å². The molecule has 0 spiro atoms. The van der Waals surface area contributed by atoms with Crippen LogP contribution in [0.15, 0.2) is 79.1 Å². The normalized spacial score (nSPS) is 13.1. The molecule has 1 aliphatic heterocycles. The van der Waals surface area contributed by atoms with Crippen LogP contribution in [-0.4, -0.2) is 31.4 Å². The lowest BCUT2D eigenvalue weighted by atomic mass is 9.98. The Labute approximate surface area is 232 Å². The van der Waals surface area contributed by atoms with Crippen LogP contribution in [0.3, 0.4) is 0 Å². The number of amides is 2. The lowest BCUT2D eigenvalue weighted by Crippen LogP contribution is -2.45. The van der Waals surface area contributed by atoms with Crippen LogP contribution in [0.2, 0.25) is 0 Å². The van der Waals surface area contributed by atoms with E-state index in [4.69, 9.17) is 0 Å². The zero-order valence-corrected chi connectivity index (χ0v) is 22.0. The molecule has 1 N–H and O–H groups in total. The third-order valence-electron chi connectivity index (χ3n) is 7.04. The van der Waals surface area contributed by atoms with Crippen LogP contribution in [-0.2, 0) is 29.6 Å². The number of rotatable bonds is 6. The van der Waals surface area contributed by atoms with Gasteiger partial charge in [-0.25, -0.2) is 0 Å². The van der Waals surface area contributed by atoms with Crippen molar-refractivity contribution in [3.63, 3.8) is 0 Å². The molecule has 0 aliphatic carbocycles. The minimum Gasteiger partial charge on any atom is -0.332 e. The largest absolute Gasteiger partial charge is 0.416 e. The molecule has 41 heavy (non-hydrogen) atoms. The van der Waals surface area contributed by atoms with E-state index in [9.17, 15) is 32.9 Å². The number of anilines is 1. The predicted octanol–water partition coefficient (Wildman–Crippen LogP) is 6.01. The number of alkyl halides is 3. The summed E-state index contributed by atoms with van der Waals surface area (Å²) in [6.45, 7) is 3.86. The number of nitro groups is 1. The molecule has 0 unspecified atom stereocenters. The first kappa shape index (κ1) is 27.6. The van der Waals surface area contributed by atoms with Crippen molar-refractivity contribution in [3.8, 4) is 11.1 Å². The minimum atomic E-state index is -4.46. The Morgan fingerprint density at radius 3 is 2.32 bits per heavy atom. The molecule has 1 aliphatic rings. The maximum atomic E-state index is 13.4. The monoisotopic (exact) mass is 563 g/mol. The third-order valence-corrected chi connectivity index (χ3v) is 7.04. The molecule has 0 fully saturated rings. The summed E-state index contributed by atoms with van der Waals surface area (Å²) < 4.78 is 40.2. The first-order valence-corrected chi connectivity index (χ1v) is 12.5. The summed E-state index contributed by atoms with van der Waals surface area (Å²) in [6, 6.07) is 16.6. The van der Waals surface area contributed by atoms with Gasteiger partial charge >= 0.3 is 11.9 Å². The van der Waals surface area contributed by atoms with Crippen molar-refractivity contribution in [1.82, 2.24) is 14.7 Å². The molecule has 4 aromatic rings. The van der Waals surface area contributed by atoms with Crippen LogP contribution in [0.5, 0.6) is 0 Å². The summed E-state index contributed by atoms with van der Waals surface area (Å²) in [5.41, 5.74) is 1.30. The summed E-state index contributed by atoms with van der Waals surface area (Å²) in [5, 5.41) is 17.9. The highest BCUT2D eigenvalue weighted by atomic mass is 19.4. The molecule has 2 heterocycles. The quantitative estimate of drug-likeness (QED) is 0.228. The van der Waals surface area contributed by atoms with Crippen molar-refractivity contribution >= 4 is 23.2 Å². The van der Waals surface area contributed by atoms with Gasteiger partial charge in [-0.1, -0.05) is 36.4 Å². The molecule has 210 valence electrons. The summed E-state index contributed by atoms with van der Waals surface area (Å²) >= 11 is 0. The maximum absolute atomic E-state index is 13.4. The second-order valence-corrected chi connectivity index (χ2v) is 10.2. The fourth-order valence-corrected chi connectivity index (χ4v) is 4.78. The summed E-state index contributed by atoms with van der Waals surface area (Å²) in [4.78, 5) is 38.7. The molecule has 0 saturated carbocycles. The highest BCUT2D eigenvalue weighted by Crippen LogP contribution is 2.33. The Morgan fingerprint density at radius 1 is 0.976 bits per heavy atom.